The minimum atomic E-state index is -2.75. The molecule has 0 aromatic heterocycles. The van der Waals surface area contributed by atoms with Gasteiger partial charge < -0.3 is 15.4 Å². The molecule has 0 radical (unpaired) electrons. The van der Waals surface area contributed by atoms with Crippen molar-refractivity contribution >= 4 is 5.91 Å². The maximum absolute atomic E-state index is 12.9. The van der Waals surface area contributed by atoms with E-state index in [2.05, 4.69) is 0 Å². The zero-order chi connectivity index (χ0) is 18.0. The molecule has 2 aromatic carbocycles. The maximum atomic E-state index is 12.9. The lowest BCUT2D eigenvalue weighted by Gasteiger charge is -2.38. The number of aryl methyl sites for hydroxylation is 1. The Morgan fingerprint density at radius 3 is 2.36 bits per heavy atom. The average Bonchev–Trinajstić information content (AvgIpc) is 2.58. The highest BCUT2D eigenvalue weighted by molar-refractivity contribution is 5.95. The molecule has 25 heavy (non-hydrogen) atoms. The number of hydrogen-bond acceptors (Lipinski definition) is 3. The van der Waals surface area contributed by atoms with Crippen molar-refractivity contribution in [1.82, 2.24) is 4.90 Å². The third-order valence-electron chi connectivity index (χ3n) is 4.15. The van der Waals surface area contributed by atoms with Gasteiger partial charge in [0.05, 0.1) is 13.1 Å². The van der Waals surface area contributed by atoms with Gasteiger partial charge in [0.25, 0.3) is 11.8 Å². The third kappa shape index (κ3) is 3.79. The monoisotopic (exact) mass is 346 g/mol. The first-order valence-corrected chi connectivity index (χ1v) is 8.11. The van der Waals surface area contributed by atoms with Gasteiger partial charge in [-0.1, -0.05) is 18.2 Å². The Kier molecular flexibility index (Phi) is 4.72. The lowest BCUT2D eigenvalue weighted by atomic mass is 10.0. The molecule has 2 N–H and O–H groups in total. The van der Waals surface area contributed by atoms with E-state index >= 15 is 0 Å². The molecule has 1 aliphatic heterocycles. The summed E-state index contributed by atoms with van der Waals surface area (Å²) in [5.74, 6) is -2.32. The second-order valence-electron chi connectivity index (χ2n) is 6.21. The zero-order valence-corrected chi connectivity index (χ0v) is 14.0. The molecule has 0 spiro atoms. The van der Waals surface area contributed by atoms with Crippen molar-refractivity contribution in [3.05, 3.63) is 53.6 Å². The van der Waals surface area contributed by atoms with Gasteiger partial charge in [-0.05, 0) is 47.9 Å². The predicted molar refractivity (Wildman–Crippen MR) is 92.0 cm³/mol. The fraction of sp³-hybridized carbons (Fsp3) is 0.316. The van der Waals surface area contributed by atoms with E-state index < -0.39 is 19.0 Å². The van der Waals surface area contributed by atoms with Gasteiger partial charge in [-0.15, -0.1) is 0 Å². The number of halogens is 2. The summed E-state index contributed by atoms with van der Waals surface area (Å²) in [6, 6.07) is 12.8. The van der Waals surface area contributed by atoms with E-state index in [0.717, 1.165) is 27.3 Å². The fourth-order valence-corrected chi connectivity index (χ4v) is 2.80. The lowest BCUT2D eigenvalue weighted by molar-refractivity contribution is -0.113. The summed E-state index contributed by atoms with van der Waals surface area (Å²) in [5, 5.41) is 0. The number of hydrogen-bond donors (Lipinski definition) is 1. The SMILES string of the molecule is Cc1cc(-c2ccc(C(=O)N3CC(F)(F)C3)cc2)ccc1OCCN. The van der Waals surface area contributed by atoms with E-state index in [1.54, 1.807) is 12.1 Å². The van der Waals surface area contributed by atoms with Gasteiger partial charge in [0.1, 0.15) is 12.4 Å². The van der Waals surface area contributed by atoms with Crippen LogP contribution < -0.4 is 10.5 Å². The number of carbonyl (C=O) groups is 1. The molecule has 3 rings (SSSR count). The number of nitrogens with zero attached hydrogens (tertiary/aromatic N) is 1. The van der Waals surface area contributed by atoms with Crippen LogP contribution in [0.3, 0.4) is 0 Å². The van der Waals surface area contributed by atoms with Crippen molar-refractivity contribution in [2.24, 2.45) is 5.73 Å². The first-order chi connectivity index (χ1) is 11.9. The fourth-order valence-electron chi connectivity index (χ4n) is 2.80. The number of nitrogens with two attached hydrogens (primary N) is 1. The normalized spacial score (nSPS) is 15.6. The Balaban J connectivity index is 1.72. The van der Waals surface area contributed by atoms with Crippen LogP contribution in [-0.4, -0.2) is 43.0 Å². The topological polar surface area (TPSA) is 55.6 Å². The van der Waals surface area contributed by atoms with Gasteiger partial charge in [-0.3, -0.25) is 4.79 Å². The molecule has 1 aliphatic rings. The number of alkyl halides is 2. The Morgan fingerprint density at radius 2 is 1.80 bits per heavy atom. The summed E-state index contributed by atoms with van der Waals surface area (Å²) in [4.78, 5) is 13.3. The molecule has 1 heterocycles. The van der Waals surface area contributed by atoms with E-state index in [-0.39, 0.29) is 5.91 Å². The van der Waals surface area contributed by atoms with Gasteiger partial charge in [-0.2, -0.15) is 0 Å². The predicted octanol–water partition coefficient (Wildman–Crippen LogP) is 3.09. The summed E-state index contributed by atoms with van der Waals surface area (Å²) < 4.78 is 31.3. The molecule has 0 bridgehead atoms. The summed E-state index contributed by atoms with van der Waals surface area (Å²) in [5.41, 5.74) is 8.78. The van der Waals surface area contributed by atoms with Crippen LogP contribution in [0.25, 0.3) is 11.1 Å². The van der Waals surface area contributed by atoms with Crippen molar-refractivity contribution in [3.8, 4) is 16.9 Å². The molecule has 2 aromatic rings. The molecule has 1 fully saturated rings. The van der Waals surface area contributed by atoms with Crippen LogP contribution in [0.4, 0.5) is 8.78 Å². The number of ether oxygens (including phenoxy) is 1. The number of amides is 1. The minimum absolute atomic E-state index is 0.362. The zero-order valence-electron chi connectivity index (χ0n) is 14.0. The van der Waals surface area contributed by atoms with Crippen LogP contribution in [0, 0.1) is 6.92 Å². The van der Waals surface area contributed by atoms with Crippen molar-refractivity contribution in [3.63, 3.8) is 0 Å². The van der Waals surface area contributed by atoms with Crippen LogP contribution >= 0.6 is 0 Å². The van der Waals surface area contributed by atoms with Crippen molar-refractivity contribution in [1.29, 1.82) is 0 Å². The molecule has 0 aliphatic carbocycles. The Labute approximate surface area is 145 Å². The number of rotatable bonds is 5. The van der Waals surface area contributed by atoms with Gasteiger partial charge in [0.2, 0.25) is 0 Å². The second kappa shape index (κ2) is 6.80. The van der Waals surface area contributed by atoms with Crippen LogP contribution in [0.1, 0.15) is 15.9 Å². The average molecular weight is 346 g/mol. The summed E-state index contributed by atoms with van der Waals surface area (Å²) in [6.07, 6.45) is 0. The van der Waals surface area contributed by atoms with E-state index in [4.69, 9.17) is 10.5 Å². The smallest absolute Gasteiger partial charge is 0.282 e. The van der Waals surface area contributed by atoms with E-state index in [1.165, 1.54) is 0 Å². The standard InChI is InChI=1S/C19H20F2N2O2/c1-13-10-16(6-7-17(13)25-9-8-22)14-2-4-15(5-3-14)18(24)23-11-19(20,21)12-23/h2-7,10H,8-9,11-12,22H2,1H3. The molecule has 0 saturated carbocycles. The molecular formula is C19H20F2N2O2. The van der Waals surface area contributed by atoms with Crippen molar-refractivity contribution < 1.29 is 18.3 Å². The van der Waals surface area contributed by atoms with E-state index in [0.29, 0.717) is 18.7 Å². The highest BCUT2D eigenvalue weighted by Gasteiger charge is 2.46. The van der Waals surface area contributed by atoms with Gasteiger partial charge in [0, 0.05) is 12.1 Å². The Bertz CT molecular complexity index is 767. The highest BCUT2D eigenvalue weighted by atomic mass is 19.3. The van der Waals surface area contributed by atoms with Crippen LogP contribution in [0.2, 0.25) is 0 Å². The van der Waals surface area contributed by atoms with Crippen LogP contribution in [0.15, 0.2) is 42.5 Å². The lowest BCUT2D eigenvalue weighted by Crippen LogP contribution is -2.58. The molecular weight excluding hydrogens is 326 g/mol. The number of likely N-dealkylation sites (tertiary alicyclic amines) is 1. The van der Waals surface area contributed by atoms with E-state index in [1.807, 2.05) is 37.3 Å². The number of benzene rings is 2. The number of carbonyl (C=O) groups excluding carboxylic acids is 1. The van der Waals surface area contributed by atoms with Gasteiger partial charge in [-0.25, -0.2) is 8.78 Å². The van der Waals surface area contributed by atoms with Gasteiger partial charge in [0.15, 0.2) is 0 Å². The Morgan fingerprint density at radius 1 is 1.16 bits per heavy atom. The summed E-state index contributed by atoms with van der Waals surface area (Å²) in [7, 11) is 0. The summed E-state index contributed by atoms with van der Waals surface area (Å²) in [6.45, 7) is 1.87. The highest BCUT2D eigenvalue weighted by Crippen LogP contribution is 2.29. The molecule has 1 saturated heterocycles. The first-order valence-electron chi connectivity index (χ1n) is 8.11. The van der Waals surface area contributed by atoms with E-state index in [9.17, 15) is 13.6 Å². The first kappa shape index (κ1) is 17.4. The minimum Gasteiger partial charge on any atom is -0.492 e. The van der Waals surface area contributed by atoms with Crippen molar-refractivity contribution in [2.75, 3.05) is 26.2 Å². The largest absolute Gasteiger partial charge is 0.492 e. The molecule has 132 valence electrons. The second-order valence-corrected chi connectivity index (χ2v) is 6.21. The van der Waals surface area contributed by atoms with Crippen molar-refractivity contribution in [2.45, 2.75) is 12.8 Å². The third-order valence-corrected chi connectivity index (χ3v) is 4.15. The van der Waals surface area contributed by atoms with Crippen LogP contribution in [-0.2, 0) is 0 Å². The van der Waals surface area contributed by atoms with Crippen LogP contribution in [0.5, 0.6) is 5.75 Å². The summed E-state index contributed by atoms with van der Waals surface area (Å²) >= 11 is 0. The Hall–Kier alpha value is -2.47. The molecule has 1 amide bonds. The maximum Gasteiger partial charge on any atom is 0.282 e. The quantitative estimate of drug-likeness (QED) is 0.905. The van der Waals surface area contributed by atoms with Gasteiger partial charge >= 0.3 is 0 Å². The molecule has 0 unspecified atom stereocenters. The molecule has 0 atom stereocenters. The molecule has 4 nitrogen and oxygen atoms in total. The molecule has 6 heteroatoms.